The van der Waals surface area contributed by atoms with Crippen molar-refractivity contribution in [1.82, 2.24) is 19.9 Å². The van der Waals surface area contributed by atoms with E-state index in [1.54, 1.807) is 36.9 Å². The van der Waals surface area contributed by atoms with Crippen molar-refractivity contribution in [2.75, 3.05) is 18.4 Å². The van der Waals surface area contributed by atoms with Gasteiger partial charge in [-0.2, -0.15) is 0 Å². The van der Waals surface area contributed by atoms with E-state index in [2.05, 4.69) is 38.2 Å². The number of hydrogen-bond donors (Lipinski definition) is 2. The average Bonchev–Trinajstić information content (AvgIpc) is 3.46. The predicted octanol–water partition coefficient (Wildman–Crippen LogP) is 4.48. The number of aliphatic hydroxyl groups is 1. The summed E-state index contributed by atoms with van der Waals surface area (Å²) in [7, 11) is 0. The first-order valence-electron chi connectivity index (χ1n) is 12.7. The Morgan fingerprint density at radius 3 is 2.95 bits per heavy atom. The quantitative estimate of drug-likeness (QED) is 0.280. The maximum absolute atomic E-state index is 12.8. The topological polar surface area (TPSA) is 114 Å². The minimum Gasteiger partial charge on any atom is -0.485 e. The molecule has 0 radical (unpaired) electrons. The van der Waals surface area contributed by atoms with Crippen molar-refractivity contribution >= 4 is 17.3 Å². The maximum atomic E-state index is 12.8. The molecule has 4 heterocycles. The Bertz CT molecular complexity index is 1360. The third kappa shape index (κ3) is 6.42. The Labute approximate surface area is 221 Å². The monoisotopic (exact) mass is 513 g/mol. The van der Waals surface area contributed by atoms with Crippen LogP contribution in [0.25, 0.3) is 0 Å². The molecule has 5 rings (SSSR count). The summed E-state index contributed by atoms with van der Waals surface area (Å²) in [4.78, 5) is 27.3. The molecule has 0 bridgehead atoms. The Hall–Kier alpha value is -4.08. The van der Waals surface area contributed by atoms with Gasteiger partial charge in [-0.15, -0.1) is 0 Å². The maximum Gasteiger partial charge on any atom is 0.181 e. The number of β-amino-alcohol motifs (C(OH)–C–C–N with tert-alkyl or cyclic N) is 1. The fourth-order valence-corrected chi connectivity index (χ4v) is 4.74. The zero-order valence-electron chi connectivity index (χ0n) is 21.3. The van der Waals surface area contributed by atoms with Gasteiger partial charge in [0, 0.05) is 44.0 Å². The molecule has 1 aliphatic rings. The fourth-order valence-electron chi connectivity index (χ4n) is 4.74. The van der Waals surface area contributed by atoms with E-state index in [1.807, 2.05) is 18.2 Å². The first kappa shape index (κ1) is 25.6. The number of nitrogens with zero attached hydrogens (tertiary/aromatic N) is 4. The number of anilines is 2. The number of Topliss-reactive ketones (excluding diaryl/α,β-unsaturated/α-hetero) is 1. The van der Waals surface area contributed by atoms with Gasteiger partial charge in [0.15, 0.2) is 17.9 Å². The second kappa shape index (κ2) is 12.0. The third-order valence-corrected chi connectivity index (χ3v) is 6.76. The van der Waals surface area contributed by atoms with Crippen LogP contribution in [0.4, 0.5) is 11.5 Å². The standard InChI is InChI=1S/C29H31N5O4/c1-20-26-9-12-34(16-22(26)4-7-28(20)37-18-25-15-31-19-38-25)17-24(35)5-6-27(36)21-8-11-32-29(13-21)33-23-3-2-10-30-14-23/h2-4,7-8,10-11,13-15,19,24,35H,5-6,9,12,16-18H2,1H3,(H,32,33)/t24-/m0/s1. The minimum atomic E-state index is -0.582. The minimum absolute atomic E-state index is 0.0156. The number of carbonyl (C=O) groups excluding carboxylic acids is 1. The van der Waals surface area contributed by atoms with E-state index in [-0.39, 0.29) is 12.2 Å². The van der Waals surface area contributed by atoms with Crippen LogP contribution in [0.5, 0.6) is 5.75 Å². The van der Waals surface area contributed by atoms with Crippen LogP contribution in [0.3, 0.4) is 0 Å². The third-order valence-electron chi connectivity index (χ3n) is 6.76. The van der Waals surface area contributed by atoms with Crippen molar-refractivity contribution in [1.29, 1.82) is 0 Å². The molecule has 38 heavy (non-hydrogen) atoms. The number of pyridine rings is 2. The molecule has 9 heteroatoms. The van der Waals surface area contributed by atoms with E-state index in [4.69, 9.17) is 9.15 Å². The summed E-state index contributed by atoms with van der Waals surface area (Å²) in [6.07, 6.45) is 9.03. The van der Waals surface area contributed by atoms with E-state index in [9.17, 15) is 9.90 Å². The number of ketones is 1. The molecule has 0 saturated carbocycles. The van der Waals surface area contributed by atoms with Crippen LogP contribution in [0, 0.1) is 6.92 Å². The summed E-state index contributed by atoms with van der Waals surface area (Å²) in [6.45, 7) is 4.56. The molecule has 0 fully saturated rings. The van der Waals surface area contributed by atoms with E-state index in [1.165, 1.54) is 17.5 Å². The number of oxazole rings is 1. The van der Waals surface area contributed by atoms with Crippen LogP contribution >= 0.6 is 0 Å². The summed E-state index contributed by atoms with van der Waals surface area (Å²) in [5.41, 5.74) is 5.06. The number of carbonyl (C=O) groups is 1. The SMILES string of the molecule is Cc1c(OCc2cnco2)ccc2c1CCN(C[C@@H](O)CCC(=O)c1ccnc(Nc3cccnc3)c1)C2. The summed E-state index contributed by atoms with van der Waals surface area (Å²) in [6, 6.07) is 11.2. The van der Waals surface area contributed by atoms with Gasteiger partial charge in [-0.05, 0) is 66.8 Å². The van der Waals surface area contributed by atoms with E-state index < -0.39 is 6.10 Å². The summed E-state index contributed by atoms with van der Waals surface area (Å²) >= 11 is 0. The molecule has 1 aromatic carbocycles. The van der Waals surface area contributed by atoms with Crippen LogP contribution in [0.1, 0.15) is 45.7 Å². The average molecular weight is 514 g/mol. The zero-order valence-corrected chi connectivity index (χ0v) is 21.3. The largest absolute Gasteiger partial charge is 0.485 e. The van der Waals surface area contributed by atoms with E-state index >= 15 is 0 Å². The van der Waals surface area contributed by atoms with Crippen LogP contribution < -0.4 is 10.1 Å². The molecule has 9 nitrogen and oxygen atoms in total. The Kier molecular flexibility index (Phi) is 8.06. The number of aromatic nitrogens is 3. The van der Waals surface area contributed by atoms with Crippen molar-refractivity contribution in [2.45, 2.75) is 45.4 Å². The Balaban J connectivity index is 1.11. The van der Waals surface area contributed by atoms with Crippen LogP contribution in [0.2, 0.25) is 0 Å². The van der Waals surface area contributed by atoms with Crippen molar-refractivity contribution in [3.05, 3.63) is 95.6 Å². The van der Waals surface area contributed by atoms with Gasteiger partial charge >= 0.3 is 0 Å². The number of nitrogens with one attached hydrogen (secondary N) is 1. The lowest BCUT2D eigenvalue weighted by atomic mass is 9.94. The van der Waals surface area contributed by atoms with Crippen molar-refractivity contribution in [3.63, 3.8) is 0 Å². The fraction of sp³-hybridized carbons (Fsp3) is 0.310. The highest BCUT2D eigenvalue weighted by Crippen LogP contribution is 2.30. The lowest BCUT2D eigenvalue weighted by Gasteiger charge is -2.31. The molecule has 0 spiro atoms. The van der Waals surface area contributed by atoms with Crippen molar-refractivity contribution in [3.8, 4) is 5.75 Å². The first-order chi connectivity index (χ1) is 18.5. The second-order valence-corrected chi connectivity index (χ2v) is 9.48. The molecule has 4 aromatic rings. The van der Waals surface area contributed by atoms with Crippen LogP contribution in [-0.4, -0.2) is 49.9 Å². The van der Waals surface area contributed by atoms with E-state index in [0.717, 1.165) is 36.5 Å². The van der Waals surface area contributed by atoms with Gasteiger partial charge in [-0.3, -0.25) is 14.7 Å². The Morgan fingerprint density at radius 1 is 1.21 bits per heavy atom. The normalized spacial score (nSPS) is 14.1. The van der Waals surface area contributed by atoms with Crippen LogP contribution in [-0.2, 0) is 19.6 Å². The second-order valence-electron chi connectivity index (χ2n) is 9.48. The van der Waals surface area contributed by atoms with Gasteiger partial charge in [-0.25, -0.2) is 9.97 Å². The number of benzene rings is 1. The summed E-state index contributed by atoms with van der Waals surface area (Å²) in [5, 5.41) is 13.8. The molecule has 0 saturated heterocycles. The molecule has 1 aliphatic heterocycles. The van der Waals surface area contributed by atoms with Gasteiger partial charge < -0.3 is 19.6 Å². The van der Waals surface area contributed by atoms with Gasteiger partial charge in [-0.1, -0.05) is 6.07 Å². The highest BCUT2D eigenvalue weighted by atomic mass is 16.5. The predicted molar refractivity (Wildman–Crippen MR) is 142 cm³/mol. The van der Waals surface area contributed by atoms with Crippen molar-refractivity contribution in [2.24, 2.45) is 0 Å². The van der Waals surface area contributed by atoms with E-state index in [0.29, 0.717) is 36.7 Å². The van der Waals surface area contributed by atoms with Crippen molar-refractivity contribution < 1.29 is 19.1 Å². The first-order valence-corrected chi connectivity index (χ1v) is 12.7. The smallest absolute Gasteiger partial charge is 0.181 e. The lowest BCUT2D eigenvalue weighted by molar-refractivity contribution is 0.0836. The number of aliphatic hydroxyl groups excluding tert-OH is 1. The molecule has 2 N–H and O–H groups in total. The number of rotatable bonds is 11. The molecular weight excluding hydrogens is 482 g/mol. The van der Waals surface area contributed by atoms with Gasteiger partial charge in [0.1, 0.15) is 18.2 Å². The van der Waals surface area contributed by atoms with Gasteiger partial charge in [0.2, 0.25) is 0 Å². The van der Waals surface area contributed by atoms with Gasteiger partial charge in [0.05, 0.1) is 24.2 Å². The summed E-state index contributed by atoms with van der Waals surface area (Å²) in [5.74, 6) is 2.10. The highest BCUT2D eigenvalue weighted by Gasteiger charge is 2.22. The number of fused-ring (bicyclic) bond motifs is 1. The molecule has 3 aromatic heterocycles. The van der Waals surface area contributed by atoms with Gasteiger partial charge in [0.25, 0.3) is 0 Å². The molecule has 196 valence electrons. The molecule has 0 aliphatic carbocycles. The molecular formula is C29H31N5O4. The zero-order chi connectivity index (χ0) is 26.3. The molecule has 0 unspecified atom stereocenters. The lowest BCUT2D eigenvalue weighted by Crippen LogP contribution is -2.37. The van der Waals surface area contributed by atoms with Crippen LogP contribution in [0.15, 0.2) is 72.0 Å². The number of hydrogen-bond acceptors (Lipinski definition) is 9. The molecule has 1 atom stereocenters. The molecule has 0 amide bonds. The number of ether oxygens (including phenoxy) is 1. The summed E-state index contributed by atoms with van der Waals surface area (Å²) < 4.78 is 11.2. The Morgan fingerprint density at radius 2 is 2.13 bits per heavy atom. The highest BCUT2D eigenvalue weighted by molar-refractivity contribution is 5.96.